The number of benzene rings is 2. The maximum Gasteiger partial charge on any atom is 0.258 e. The number of hydrogen-bond acceptors (Lipinski definition) is 3. The van der Waals surface area contributed by atoms with E-state index in [9.17, 15) is 9.59 Å². The predicted molar refractivity (Wildman–Crippen MR) is 94.1 cm³/mol. The third kappa shape index (κ3) is 2.80. The van der Waals surface area contributed by atoms with Crippen molar-refractivity contribution in [1.82, 2.24) is 0 Å². The highest BCUT2D eigenvalue weighted by Gasteiger charge is 2.30. The number of anilines is 1. The Balaban J connectivity index is 2.00. The van der Waals surface area contributed by atoms with E-state index in [0.29, 0.717) is 41.4 Å². The number of methoxy groups -OCH3 is 1. The van der Waals surface area contributed by atoms with Crippen LogP contribution in [0.15, 0.2) is 42.5 Å². The number of ether oxygens (including phenoxy) is 1. The summed E-state index contributed by atoms with van der Waals surface area (Å²) in [6.45, 7) is 4.61. The minimum absolute atomic E-state index is 0.0445. The molecule has 124 valence electrons. The van der Waals surface area contributed by atoms with Crippen molar-refractivity contribution in [2.45, 2.75) is 26.2 Å². The molecule has 2 aromatic carbocycles. The van der Waals surface area contributed by atoms with Crippen molar-refractivity contribution in [3.8, 4) is 5.75 Å². The number of nitrogens with zero attached hydrogens (tertiary/aromatic N) is 1. The van der Waals surface area contributed by atoms with Crippen LogP contribution in [0.3, 0.4) is 0 Å². The first kappa shape index (κ1) is 16.2. The maximum atomic E-state index is 13.0. The number of ketones is 1. The van der Waals surface area contributed by atoms with Crippen LogP contribution >= 0.6 is 0 Å². The van der Waals surface area contributed by atoms with Crippen LogP contribution in [0.4, 0.5) is 5.69 Å². The van der Waals surface area contributed by atoms with Gasteiger partial charge in [-0.15, -0.1) is 0 Å². The Morgan fingerprint density at radius 1 is 1.12 bits per heavy atom. The summed E-state index contributed by atoms with van der Waals surface area (Å²) in [6, 6.07) is 13.0. The van der Waals surface area contributed by atoms with Crippen LogP contribution in [0.5, 0.6) is 5.75 Å². The molecule has 0 aliphatic carbocycles. The average Bonchev–Trinajstić information content (AvgIpc) is 2.61. The molecular formula is C20H21NO3. The van der Waals surface area contributed by atoms with Crippen molar-refractivity contribution >= 4 is 17.4 Å². The molecule has 0 aromatic heterocycles. The largest absolute Gasteiger partial charge is 0.495 e. The van der Waals surface area contributed by atoms with E-state index < -0.39 is 0 Å². The summed E-state index contributed by atoms with van der Waals surface area (Å²) in [5.41, 5.74) is 2.94. The SMILES string of the molecule is COc1cccc2c1N(C(=O)c1ccc(C(C)C)cc1)CCC2=O. The molecule has 0 bridgehead atoms. The Morgan fingerprint density at radius 3 is 2.46 bits per heavy atom. The molecule has 1 heterocycles. The number of carbonyl (C=O) groups excluding carboxylic acids is 2. The fraction of sp³-hybridized carbons (Fsp3) is 0.300. The Kier molecular flexibility index (Phi) is 4.38. The monoisotopic (exact) mass is 323 g/mol. The second kappa shape index (κ2) is 6.48. The minimum atomic E-state index is -0.108. The predicted octanol–water partition coefficient (Wildman–Crippen LogP) is 4.05. The van der Waals surface area contributed by atoms with Gasteiger partial charge in [0.05, 0.1) is 12.8 Å². The molecule has 4 nitrogen and oxygen atoms in total. The van der Waals surface area contributed by atoms with Crippen molar-refractivity contribution in [3.05, 3.63) is 59.2 Å². The lowest BCUT2D eigenvalue weighted by atomic mass is 9.97. The Hall–Kier alpha value is -2.62. The van der Waals surface area contributed by atoms with Crippen LogP contribution in [0.2, 0.25) is 0 Å². The zero-order valence-corrected chi connectivity index (χ0v) is 14.2. The van der Waals surface area contributed by atoms with Crippen LogP contribution in [-0.4, -0.2) is 25.3 Å². The van der Waals surface area contributed by atoms with E-state index >= 15 is 0 Å². The van der Waals surface area contributed by atoms with E-state index in [2.05, 4.69) is 13.8 Å². The van der Waals surface area contributed by atoms with Crippen molar-refractivity contribution in [2.24, 2.45) is 0 Å². The van der Waals surface area contributed by atoms with Crippen molar-refractivity contribution in [3.63, 3.8) is 0 Å². The molecule has 3 rings (SSSR count). The standard InChI is InChI=1S/C20H21NO3/c1-13(2)14-7-9-15(10-8-14)20(23)21-12-11-17(22)16-5-4-6-18(24-3)19(16)21/h4-10,13H,11-12H2,1-3H3. The quantitative estimate of drug-likeness (QED) is 0.856. The molecule has 1 aliphatic heterocycles. The average molecular weight is 323 g/mol. The van der Waals surface area contributed by atoms with E-state index in [1.807, 2.05) is 24.3 Å². The van der Waals surface area contributed by atoms with Gasteiger partial charge in [0.2, 0.25) is 0 Å². The van der Waals surface area contributed by atoms with Crippen molar-refractivity contribution in [1.29, 1.82) is 0 Å². The molecule has 0 fully saturated rings. The Morgan fingerprint density at radius 2 is 1.83 bits per heavy atom. The Labute approximate surface area is 142 Å². The number of carbonyl (C=O) groups is 2. The van der Waals surface area contributed by atoms with E-state index in [4.69, 9.17) is 4.74 Å². The Bertz CT molecular complexity index is 778. The third-order valence-corrected chi connectivity index (χ3v) is 4.42. The summed E-state index contributed by atoms with van der Waals surface area (Å²) in [5, 5.41) is 0. The van der Waals surface area contributed by atoms with Crippen molar-refractivity contribution < 1.29 is 14.3 Å². The molecule has 0 atom stereocenters. The normalized spacial score (nSPS) is 13.8. The maximum absolute atomic E-state index is 13.0. The van der Waals surface area contributed by atoms with Gasteiger partial charge in [-0.3, -0.25) is 9.59 Å². The molecular weight excluding hydrogens is 302 g/mol. The molecule has 0 spiro atoms. The van der Waals surface area contributed by atoms with Gasteiger partial charge in [0.25, 0.3) is 5.91 Å². The molecule has 1 aliphatic rings. The summed E-state index contributed by atoms with van der Waals surface area (Å²) >= 11 is 0. The first-order valence-electron chi connectivity index (χ1n) is 8.15. The van der Waals surface area contributed by atoms with E-state index in [-0.39, 0.29) is 11.7 Å². The number of para-hydroxylation sites is 1. The number of Topliss-reactive ketones (excluding diaryl/α,β-unsaturated/α-hetero) is 1. The number of fused-ring (bicyclic) bond motifs is 1. The molecule has 0 unspecified atom stereocenters. The van der Waals surface area contributed by atoms with Gasteiger partial charge >= 0.3 is 0 Å². The van der Waals surface area contributed by atoms with Gasteiger partial charge in [-0.1, -0.05) is 32.0 Å². The highest BCUT2D eigenvalue weighted by atomic mass is 16.5. The zero-order valence-electron chi connectivity index (χ0n) is 14.2. The van der Waals surface area contributed by atoms with Crippen LogP contribution in [0.25, 0.3) is 0 Å². The van der Waals surface area contributed by atoms with E-state index in [0.717, 1.165) is 0 Å². The molecule has 0 N–H and O–H groups in total. The fourth-order valence-corrected chi connectivity index (χ4v) is 3.02. The fourth-order valence-electron chi connectivity index (χ4n) is 3.02. The van der Waals surface area contributed by atoms with Gasteiger partial charge in [0.1, 0.15) is 5.75 Å². The summed E-state index contributed by atoms with van der Waals surface area (Å²) in [7, 11) is 1.55. The van der Waals surface area contributed by atoms with Gasteiger partial charge in [-0.05, 0) is 35.7 Å². The van der Waals surface area contributed by atoms with Gasteiger partial charge < -0.3 is 9.64 Å². The first-order chi connectivity index (χ1) is 11.5. The van der Waals surface area contributed by atoms with Gasteiger partial charge in [0, 0.05) is 24.1 Å². The van der Waals surface area contributed by atoms with E-state index in [1.165, 1.54) is 5.56 Å². The lowest BCUT2D eigenvalue weighted by Gasteiger charge is -2.30. The molecule has 2 aromatic rings. The molecule has 4 heteroatoms. The molecule has 0 radical (unpaired) electrons. The van der Waals surface area contributed by atoms with Crippen molar-refractivity contribution in [2.75, 3.05) is 18.6 Å². The lowest BCUT2D eigenvalue weighted by molar-refractivity contribution is 0.0954. The highest BCUT2D eigenvalue weighted by molar-refractivity contribution is 6.14. The van der Waals surface area contributed by atoms with Crippen LogP contribution in [-0.2, 0) is 0 Å². The van der Waals surface area contributed by atoms with Crippen LogP contribution in [0.1, 0.15) is 52.5 Å². The summed E-state index contributed by atoms with van der Waals surface area (Å²) in [5.74, 6) is 0.905. The molecule has 1 amide bonds. The van der Waals surface area contributed by atoms with Crippen LogP contribution < -0.4 is 9.64 Å². The first-order valence-corrected chi connectivity index (χ1v) is 8.15. The smallest absolute Gasteiger partial charge is 0.258 e. The topological polar surface area (TPSA) is 46.6 Å². The summed E-state index contributed by atoms with van der Waals surface area (Å²) < 4.78 is 5.38. The van der Waals surface area contributed by atoms with Gasteiger partial charge in [-0.25, -0.2) is 0 Å². The second-order valence-electron chi connectivity index (χ2n) is 6.26. The van der Waals surface area contributed by atoms with Gasteiger partial charge in [0.15, 0.2) is 5.78 Å². The summed E-state index contributed by atoms with van der Waals surface area (Å²) in [4.78, 5) is 26.8. The number of amides is 1. The number of rotatable bonds is 3. The zero-order chi connectivity index (χ0) is 17.3. The van der Waals surface area contributed by atoms with Crippen LogP contribution in [0, 0.1) is 0 Å². The molecule has 0 saturated heterocycles. The van der Waals surface area contributed by atoms with E-state index in [1.54, 1.807) is 30.2 Å². The second-order valence-corrected chi connectivity index (χ2v) is 6.26. The minimum Gasteiger partial charge on any atom is -0.495 e. The highest BCUT2D eigenvalue weighted by Crippen LogP contribution is 2.37. The lowest BCUT2D eigenvalue weighted by Crippen LogP contribution is -2.37. The van der Waals surface area contributed by atoms with Gasteiger partial charge in [-0.2, -0.15) is 0 Å². The number of hydrogen-bond donors (Lipinski definition) is 0. The molecule has 24 heavy (non-hydrogen) atoms. The third-order valence-electron chi connectivity index (χ3n) is 4.42. The summed E-state index contributed by atoms with van der Waals surface area (Å²) in [6.07, 6.45) is 0.329. The molecule has 0 saturated carbocycles.